The number of hydrogen-bond donors (Lipinski definition) is 0. The van der Waals surface area contributed by atoms with E-state index in [-0.39, 0.29) is 0 Å². The maximum atomic E-state index is 5.89. The van der Waals surface area contributed by atoms with E-state index in [1.54, 1.807) is 29.5 Å². The van der Waals surface area contributed by atoms with Crippen LogP contribution in [-0.4, -0.2) is 6.21 Å². The van der Waals surface area contributed by atoms with Crippen LogP contribution in [0.15, 0.2) is 34.6 Å². The van der Waals surface area contributed by atoms with E-state index < -0.39 is 0 Å². The Bertz CT molecular complexity index is 511. The quantitative estimate of drug-likeness (QED) is 0.672. The monoisotopic (exact) mass is 269 g/mol. The molecule has 0 fully saturated rings. The molecule has 4 heteroatoms. The maximum Gasteiger partial charge on any atom is 0.0659 e. The summed E-state index contributed by atoms with van der Waals surface area (Å²) in [6, 6.07) is 7.33. The van der Waals surface area contributed by atoms with Crippen molar-refractivity contribution in [2.75, 3.05) is 0 Å². The molecule has 2 aromatic rings. The van der Waals surface area contributed by atoms with E-state index in [0.29, 0.717) is 10.0 Å². The molecule has 0 amide bonds. The number of hydrogen-bond acceptors (Lipinski definition) is 2. The predicted octanol–water partition coefficient (Wildman–Crippen LogP) is 5.11. The summed E-state index contributed by atoms with van der Waals surface area (Å²) in [6.45, 7) is 2.06. The van der Waals surface area contributed by atoms with E-state index in [4.69, 9.17) is 23.2 Å². The summed E-state index contributed by atoms with van der Waals surface area (Å²) in [4.78, 5) is 5.50. The van der Waals surface area contributed by atoms with Crippen LogP contribution in [0.2, 0.25) is 10.0 Å². The normalized spacial score (nSPS) is 11.2. The Morgan fingerprint density at radius 2 is 1.88 bits per heavy atom. The molecule has 2 rings (SSSR count). The van der Waals surface area contributed by atoms with Crippen LogP contribution >= 0.6 is 34.5 Å². The molecule has 0 atom stereocenters. The van der Waals surface area contributed by atoms with Gasteiger partial charge in [0.2, 0.25) is 0 Å². The molecule has 0 saturated heterocycles. The lowest BCUT2D eigenvalue weighted by atomic mass is 10.3. The zero-order chi connectivity index (χ0) is 11.5. The van der Waals surface area contributed by atoms with Crippen LogP contribution in [0.25, 0.3) is 0 Å². The Morgan fingerprint density at radius 1 is 1.19 bits per heavy atom. The molecule has 0 spiro atoms. The van der Waals surface area contributed by atoms with E-state index in [2.05, 4.69) is 18.0 Å². The molecule has 0 radical (unpaired) electrons. The smallest absolute Gasteiger partial charge is 0.0659 e. The van der Waals surface area contributed by atoms with Crippen molar-refractivity contribution in [2.45, 2.75) is 6.92 Å². The van der Waals surface area contributed by atoms with Crippen molar-refractivity contribution in [1.82, 2.24) is 0 Å². The first-order chi connectivity index (χ1) is 7.65. The van der Waals surface area contributed by atoms with Crippen LogP contribution in [0.1, 0.15) is 10.4 Å². The van der Waals surface area contributed by atoms with Crippen molar-refractivity contribution < 1.29 is 0 Å². The Morgan fingerprint density at radius 3 is 2.44 bits per heavy atom. The molecule has 0 saturated carbocycles. The van der Waals surface area contributed by atoms with Gasteiger partial charge in [-0.3, -0.25) is 4.99 Å². The molecule has 16 heavy (non-hydrogen) atoms. The fourth-order valence-corrected chi connectivity index (χ4v) is 2.56. The van der Waals surface area contributed by atoms with Gasteiger partial charge in [0.25, 0.3) is 0 Å². The zero-order valence-corrected chi connectivity index (χ0v) is 10.9. The highest BCUT2D eigenvalue weighted by Gasteiger charge is 1.98. The van der Waals surface area contributed by atoms with Crippen LogP contribution in [-0.2, 0) is 0 Å². The van der Waals surface area contributed by atoms with Gasteiger partial charge < -0.3 is 0 Å². The van der Waals surface area contributed by atoms with Gasteiger partial charge >= 0.3 is 0 Å². The Balaban J connectivity index is 2.27. The summed E-state index contributed by atoms with van der Waals surface area (Å²) >= 11 is 13.4. The first kappa shape index (κ1) is 11.6. The van der Waals surface area contributed by atoms with Gasteiger partial charge in [-0.1, -0.05) is 23.2 Å². The molecule has 1 nitrogen and oxygen atoms in total. The molecule has 1 aromatic heterocycles. The number of halogens is 2. The summed E-state index contributed by atoms with van der Waals surface area (Å²) in [5.74, 6) is 0. The van der Waals surface area contributed by atoms with Gasteiger partial charge in [0.15, 0.2) is 0 Å². The van der Waals surface area contributed by atoms with Crippen molar-refractivity contribution in [2.24, 2.45) is 4.99 Å². The van der Waals surface area contributed by atoms with E-state index in [9.17, 15) is 0 Å². The number of thiophene rings is 1. The lowest BCUT2D eigenvalue weighted by molar-refractivity contribution is 1.51. The molecule has 1 aromatic carbocycles. The summed E-state index contributed by atoms with van der Waals surface area (Å²) in [7, 11) is 0. The van der Waals surface area contributed by atoms with Gasteiger partial charge in [0.1, 0.15) is 0 Å². The predicted molar refractivity (Wildman–Crippen MR) is 72.8 cm³/mol. The van der Waals surface area contributed by atoms with Gasteiger partial charge in [0.05, 0.1) is 5.69 Å². The van der Waals surface area contributed by atoms with Crippen molar-refractivity contribution in [1.29, 1.82) is 0 Å². The van der Waals surface area contributed by atoms with Crippen molar-refractivity contribution in [3.63, 3.8) is 0 Å². The molecule has 1 heterocycles. The Hall–Kier alpha value is -0.830. The average Bonchev–Trinajstić information content (AvgIpc) is 2.59. The molecule has 0 aliphatic carbocycles. The minimum atomic E-state index is 0.600. The van der Waals surface area contributed by atoms with Crippen LogP contribution in [0.4, 0.5) is 5.69 Å². The molecule has 0 unspecified atom stereocenters. The van der Waals surface area contributed by atoms with Crippen LogP contribution in [0.3, 0.4) is 0 Å². The zero-order valence-electron chi connectivity index (χ0n) is 8.58. The molecular weight excluding hydrogens is 261 g/mol. The maximum absolute atomic E-state index is 5.89. The second-order valence-electron chi connectivity index (χ2n) is 3.35. The van der Waals surface area contributed by atoms with E-state index in [1.165, 1.54) is 5.56 Å². The van der Waals surface area contributed by atoms with Gasteiger partial charge in [-0.05, 0) is 42.1 Å². The highest BCUT2D eigenvalue weighted by Crippen LogP contribution is 2.25. The Labute approximate surface area is 108 Å². The lowest BCUT2D eigenvalue weighted by Gasteiger charge is -1.96. The minimum Gasteiger partial charge on any atom is -0.255 e. The van der Waals surface area contributed by atoms with Crippen molar-refractivity contribution >= 4 is 46.4 Å². The Kier molecular flexibility index (Phi) is 3.64. The number of rotatable bonds is 2. The summed E-state index contributed by atoms with van der Waals surface area (Å²) in [5, 5.41) is 3.24. The minimum absolute atomic E-state index is 0.600. The largest absolute Gasteiger partial charge is 0.255 e. The highest BCUT2D eigenvalue weighted by atomic mass is 35.5. The molecular formula is C12H9Cl2NS. The van der Waals surface area contributed by atoms with Crippen LogP contribution in [0.5, 0.6) is 0 Å². The van der Waals surface area contributed by atoms with E-state index >= 15 is 0 Å². The third-order valence-electron chi connectivity index (χ3n) is 2.08. The second kappa shape index (κ2) is 5.00. The number of nitrogens with zero attached hydrogens (tertiary/aromatic N) is 1. The van der Waals surface area contributed by atoms with Gasteiger partial charge in [0, 0.05) is 21.1 Å². The van der Waals surface area contributed by atoms with Crippen LogP contribution < -0.4 is 0 Å². The number of aliphatic imine (C=N–C) groups is 1. The van der Waals surface area contributed by atoms with Gasteiger partial charge in [-0.2, -0.15) is 0 Å². The standard InChI is InChI=1S/C12H9Cl2NS/c1-8-2-3-16-12(8)7-15-11-5-9(13)4-10(14)6-11/h2-7H,1H3. The summed E-state index contributed by atoms with van der Waals surface area (Å²) in [6.07, 6.45) is 1.84. The SMILES string of the molecule is Cc1ccsc1C=Nc1cc(Cl)cc(Cl)c1. The van der Waals surface area contributed by atoms with Crippen molar-refractivity contribution in [3.05, 3.63) is 50.1 Å². The summed E-state index contributed by atoms with van der Waals surface area (Å²) in [5.41, 5.74) is 1.99. The lowest BCUT2D eigenvalue weighted by Crippen LogP contribution is -1.77. The van der Waals surface area contributed by atoms with Crippen molar-refractivity contribution in [3.8, 4) is 0 Å². The number of benzene rings is 1. The first-order valence-corrected chi connectivity index (χ1v) is 6.33. The van der Waals surface area contributed by atoms with E-state index in [0.717, 1.165) is 10.6 Å². The number of aryl methyl sites for hydroxylation is 1. The summed E-state index contributed by atoms with van der Waals surface area (Å²) < 4.78 is 0. The van der Waals surface area contributed by atoms with E-state index in [1.807, 2.05) is 11.6 Å². The average molecular weight is 270 g/mol. The third kappa shape index (κ3) is 2.85. The second-order valence-corrected chi connectivity index (χ2v) is 5.17. The topological polar surface area (TPSA) is 12.4 Å². The molecule has 0 N–H and O–H groups in total. The first-order valence-electron chi connectivity index (χ1n) is 4.69. The van der Waals surface area contributed by atoms with Gasteiger partial charge in [-0.15, -0.1) is 11.3 Å². The third-order valence-corrected chi connectivity index (χ3v) is 3.47. The van der Waals surface area contributed by atoms with Crippen LogP contribution in [0, 0.1) is 6.92 Å². The molecule has 0 aliphatic heterocycles. The highest BCUT2D eigenvalue weighted by molar-refractivity contribution is 7.11. The fourth-order valence-electron chi connectivity index (χ4n) is 1.26. The molecule has 0 bridgehead atoms. The fraction of sp³-hybridized carbons (Fsp3) is 0.0833. The molecule has 82 valence electrons. The molecule has 0 aliphatic rings. The van der Waals surface area contributed by atoms with Gasteiger partial charge in [-0.25, -0.2) is 0 Å².